The fraction of sp³-hybridized carbons (Fsp3) is 0.900. The van der Waals surface area contributed by atoms with Crippen LogP contribution in [0.25, 0.3) is 0 Å². The van der Waals surface area contributed by atoms with Crippen molar-refractivity contribution in [2.24, 2.45) is 11.3 Å². The summed E-state index contributed by atoms with van der Waals surface area (Å²) in [6.07, 6.45) is 0.811. The minimum Gasteiger partial charge on any atom is -0.481 e. The van der Waals surface area contributed by atoms with Crippen molar-refractivity contribution in [2.45, 2.75) is 27.2 Å². The molecule has 1 aliphatic rings. The van der Waals surface area contributed by atoms with E-state index in [2.05, 4.69) is 25.7 Å². The summed E-state index contributed by atoms with van der Waals surface area (Å²) in [5, 5.41) is 8.80. The summed E-state index contributed by atoms with van der Waals surface area (Å²) in [5.41, 5.74) is 0.271. The van der Waals surface area contributed by atoms with Crippen LogP contribution in [0, 0.1) is 11.3 Å². The fourth-order valence-corrected chi connectivity index (χ4v) is 1.85. The Morgan fingerprint density at radius 2 is 2.15 bits per heavy atom. The van der Waals surface area contributed by atoms with E-state index in [1.165, 1.54) is 0 Å². The Morgan fingerprint density at radius 3 is 2.54 bits per heavy atom. The minimum atomic E-state index is -0.642. The molecule has 13 heavy (non-hydrogen) atoms. The first-order valence-corrected chi connectivity index (χ1v) is 4.84. The number of rotatable bonds is 2. The Kier molecular flexibility index (Phi) is 2.96. The summed E-state index contributed by atoms with van der Waals surface area (Å²) in [5.74, 6) is -0.779. The lowest BCUT2D eigenvalue weighted by Crippen LogP contribution is -2.31. The summed E-state index contributed by atoms with van der Waals surface area (Å²) < 4.78 is 0. The van der Waals surface area contributed by atoms with Gasteiger partial charge >= 0.3 is 5.97 Å². The molecule has 1 N–H and O–H groups in total. The molecule has 3 heteroatoms. The van der Waals surface area contributed by atoms with Crippen molar-refractivity contribution in [3.05, 3.63) is 0 Å². The average molecular weight is 185 g/mol. The van der Waals surface area contributed by atoms with Gasteiger partial charge in [-0.2, -0.15) is 0 Å². The molecule has 0 aromatic carbocycles. The zero-order chi connectivity index (χ0) is 10.1. The molecule has 76 valence electrons. The number of carbonyl (C=O) groups is 1. The van der Waals surface area contributed by atoms with Gasteiger partial charge < -0.3 is 10.0 Å². The number of carboxylic acid groups (broad SMARTS) is 1. The number of hydrogen-bond donors (Lipinski definition) is 1. The van der Waals surface area contributed by atoms with Crippen molar-refractivity contribution in [1.29, 1.82) is 0 Å². The van der Waals surface area contributed by atoms with Crippen LogP contribution in [0.3, 0.4) is 0 Å². The van der Waals surface area contributed by atoms with Crippen molar-refractivity contribution >= 4 is 5.97 Å². The predicted octanol–water partition coefficient (Wildman–Crippen LogP) is 1.44. The van der Waals surface area contributed by atoms with Gasteiger partial charge in [0.05, 0.1) is 5.92 Å². The molecule has 1 atom stereocenters. The van der Waals surface area contributed by atoms with Gasteiger partial charge in [-0.3, -0.25) is 4.79 Å². The minimum absolute atomic E-state index is 0.137. The van der Waals surface area contributed by atoms with Crippen molar-refractivity contribution < 1.29 is 9.90 Å². The Balaban J connectivity index is 2.38. The van der Waals surface area contributed by atoms with Gasteiger partial charge in [0.1, 0.15) is 0 Å². The Labute approximate surface area is 79.7 Å². The van der Waals surface area contributed by atoms with E-state index in [1.807, 2.05) is 0 Å². The number of carboxylic acids is 1. The van der Waals surface area contributed by atoms with E-state index in [9.17, 15) is 4.79 Å². The summed E-state index contributed by atoms with van der Waals surface area (Å²) in [7, 11) is 0. The van der Waals surface area contributed by atoms with Crippen LogP contribution in [0.5, 0.6) is 0 Å². The van der Waals surface area contributed by atoms with Gasteiger partial charge in [0, 0.05) is 13.1 Å². The van der Waals surface area contributed by atoms with Gasteiger partial charge in [-0.25, -0.2) is 0 Å². The summed E-state index contributed by atoms with van der Waals surface area (Å²) in [6, 6.07) is 0. The number of nitrogens with zero attached hydrogens (tertiary/aromatic N) is 1. The molecule has 1 saturated heterocycles. The van der Waals surface area contributed by atoms with Crippen molar-refractivity contribution in [1.82, 2.24) is 4.90 Å². The second kappa shape index (κ2) is 3.66. The van der Waals surface area contributed by atoms with Gasteiger partial charge in [-0.15, -0.1) is 0 Å². The zero-order valence-corrected chi connectivity index (χ0v) is 8.71. The van der Waals surface area contributed by atoms with E-state index < -0.39 is 5.97 Å². The first kappa shape index (κ1) is 10.5. The largest absolute Gasteiger partial charge is 0.481 e. The molecule has 0 amide bonds. The second-order valence-corrected chi connectivity index (χ2v) is 5.12. The Morgan fingerprint density at radius 1 is 1.54 bits per heavy atom. The molecule has 0 radical (unpaired) electrons. The van der Waals surface area contributed by atoms with Gasteiger partial charge in [0.15, 0.2) is 0 Å². The van der Waals surface area contributed by atoms with E-state index in [4.69, 9.17) is 5.11 Å². The summed E-state index contributed by atoms with van der Waals surface area (Å²) >= 11 is 0. The van der Waals surface area contributed by atoms with Crippen LogP contribution in [0.2, 0.25) is 0 Å². The highest BCUT2D eigenvalue weighted by Gasteiger charge is 2.29. The molecular weight excluding hydrogens is 166 g/mol. The van der Waals surface area contributed by atoms with Crippen molar-refractivity contribution in [2.75, 3.05) is 19.6 Å². The fourth-order valence-electron chi connectivity index (χ4n) is 1.85. The van der Waals surface area contributed by atoms with Crippen LogP contribution in [0.15, 0.2) is 0 Å². The van der Waals surface area contributed by atoms with Crippen molar-refractivity contribution in [3.63, 3.8) is 0 Å². The molecule has 1 fully saturated rings. The molecule has 0 saturated carbocycles. The van der Waals surface area contributed by atoms with Crippen LogP contribution >= 0.6 is 0 Å². The number of aliphatic carboxylic acids is 1. The topological polar surface area (TPSA) is 40.5 Å². The maximum atomic E-state index is 10.7. The second-order valence-electron chi connectivity index (χ2n) is 5.12. The lowest BCUT2D eigenvalue weighted by Gasteiger charge is -2.25. The van der Waals surface area contributed by atoms with E-state index >= 15 is 0 Å². The molecule has 3 nitrogen and oxygen atoms in total. The summed E-state index contributed by atoms with van der Waals surface area (Å²) in [4.78, 5) is 12.9. The van der Waals surface area contributed by atoms with Gasteiger partial charge in [0.25, 0.3) is 0 Å². The highest BCUT2D eigenvalue weighted by atomic mass is 16.4. The number of likely N-dealkylation sites (tertiary alicyclic amines) is 1. The maximum absolute atomic E-state index is 10.7. The molecule has 1 aliphatic heterocycles. The molecule has 0 aromatic rings. The zero-order valence-electron chi connectivity index (χ0n) is 8.71. The van der Waals surface area contributed by atoms with Crippen LogP contribution < -0.4 is 0 Å². The molecule has 1 heterocycles. The van der Waals surface area contributed by atoms with E-state index in [-0.39, 0.29) is 11.3 Å². The molecule has 0 aliphatic carbocycles. The van der Waals surface area contributed by atoms with Crippen molar-refractivity contribution in [3.8, 4) is 0 Å². The third-order valence-electron chi connectivity index (χ3n) is 2.32. The maximum Gasteiger partial charge on any atom is 0.307 e. The van der Waals surface area contributed by atoms with Gasteiger partial charge in [-0.05, 0) is 18.4 Å². The monoisotopic (exact) mass is 185 g/mol. The molecule has 1 unspecified atom stereocenters. The first-order valence-electron chi connectivity index (χ1n) is 4.84. The van der Waals surface area contributed by atoms with Crippen LogP contribution in [-0.2, 0) is 4.79 Å². The Bertz CT molecular complexity index is 196. The molecular formula is C10H19NO2. The normalized spacial score (nSPS) is 25.0. The smallest absolute Gasteiger partial charge is 0.307 e. The lowest BCUT2D eigenvalue weighted by molar-refractivity contribution is -0.141. The SMILES string of the molecule is CC(C)(C)CN1CCC(C(=O)O)C1. The molecule has 1 rings (SSSR count). The average Bonchev–Trinajstić information content (AvgIpc) is 2.31. The standard InChI is InChI=1S/C10H19NO2/c1-10(2,3)7-11-5-4-8(6-11)9(12)13/h8H,4-7H2,1-3H3,(H,12,13). The highest BCUT2D eigenvalue weighted by molar-refractivity contribution is 5.70. The van der Waals surface area contributed by atoms with E-state index in [0.29, 0.717) is 0 Å². The molecule has 0 aromatic heterocycles. The van der Waals surface area contributed by atoms with E-state index in [0.717, 1.165) is 26.1 Å². The lowest BCUT2D eigenvalue weighted by atomic mass is 9.96. The van der Waals surface area contributed by atoms with Gasteiger partial charge in [0.2, 0.25) is 0 Å². The highest BCUT2D eigenvalue weighted by Crippen LogP contribution is 2.22. The Hall–Kier alpha value is -0.570. The summed E-state index contributed by atoms with van der Waals surface area (Å²) in [6.45, 7) is 9.21. The molecule has 0 bridgehead atoms. The number of hydrogen-bond acceptors (Lipinski definition) is 2. The van der Waals surface area contributed by atoms with Crippen LogP contribution in [-0.4, -0.2) is 35.6 Å². The predicted molar refractivity (Wildman–Crippen MR) is 51.6 cm³/mol. The van der Waals surface area contributed by atoms with E-state index in [1.54, 1.807) is 0 Å². The first-order chi connectivity index (χ1) is 5.88. The molecule has 0 spiro atoms. The third kappa shape index (κ3) is 3.35. The van der Waals surface area contributed by atoms with Crippen LogP contribution in [0.1, 0.15) is 27.2 Å². The van der Waals surface area contributed by atoms with Crippen LogP contribution in [0.4, 0.5) is 0 Å². The third-order valence-corrected chi connectivity index (χ3v) is 2.32. The van der Waals surface area contributed by atoms with Gasteiger partial charge in [-0.1, -0.05) is 20.8 Å². The quantitative estimate of drug-likeness (QED) is 0.707.